The smallest absolute Gasteiger partial charge is 0.159 e. The Labute approximate surface area is 154 Å². The molecule has 0 aliphatic carbocycles. The van der Waals surface area contributed by atoms with Crippen molar-refractivity contribution in [3.8, 4) is 0 Å². The molecule has 0 saturated heterocycles. The molecule has 0 spiro atoms. The van der Waals surface area contributed by atoms with Gasteiger partial charge in [-0.2, -0.15) is 10.2 Å². The van der Waals surface area contributed by atoms with Gasteiger partial charge in [0, 0.05) is 24.8 Å². The molecule has 4 aromatic rings. The zero-order valence-electron chi connectivity index (χ0n) is 14.5. The molecule has 3 aromatic heterocycles. The Kier molecular flexibility index (Phi) is 4.80. The summed E-state index contributed by atoms with van der Waals surface area (Å²) in [6.45, 7) is 0.0721. The normalized spacial score (nSPS) is 12.4. The van der Waals surface area contributed by atoms with Gasteiger partial charge < -0.3 is 10.4 Å². The molecule has 27 heavy (non-hydrogen) atoms. The predicted octanol–water partition coefficient (Wildman–Crippen LogP) is 3.24. The molecule has 0 fully saturated rings. The number of hydrogen-bond donors (Lipinski definition) is 3. The maximum Gasteiger partial charge on any atom is 0.159 e. The number of aliphatic hydroxyl groups excluding tert-OH is 1. The maximum atomic E-state index is 13.4. The van der Waals surface area contributed by atoms with Gasteiger partial charge in [-0.3, -0.25) is 5.10 Å². The van der Waals surface area contributed by atoms with E-state index in [0.29, 0.717) is 24.5 Å². The summed E-state index contributed by atoms with van der Waals surface area (Å²) < 4.78 is 15.1. The lowest BCUT2D eigenvalue weighted by molar-refractivity contribution is 0.281. The van der Waals surface area contributed by atoms with E-state index in [1.54, 1.807) is 22.8 Å². The molecule has 0 aliphatic rings. The van der Waals surface area contributed by atoms with Crippen LogP contribution in [0.4, 0.5) is 16.0 Å². The van der Waals surface area contributed by atoms with Crippen molar-refractivity contribution in [1.82, 2.24) is 24.8 Å². The Balaban J connectivity index is 1.77. The lowest BCUT2D eigenvalue weighted by Crippen LogP contribution is -2.12. The van der Waals surface area contributed by atoms with Crippen molar-refractivity contribution < 1.29 is 9.50 Å². The third-order valence-electron chi connectivity index (χ3n) is 4.40. The van der Waals surface area contributed by atoms with E-state index >= 15 is 0 Å². The fourth-order valence-corrected chi connectivity index (χ4v) is 3.08. The summed E-state index contributed by atoms with van der Waals surface area (Å²) in [5.41, 5.74) is 1.73. The monoisotopic (exact) mass is 366 g/mol. The van der Waals surface area contributed by atoms with E-state index in [0.717, 1.165) is 16.9 Å². The molecule has 7 nitrogen and oxygen atoms in total. The molecule has 1 aromatic carbocycles. The van der Waals surface area contributed by atoms with Gasteiger partial charge in [0.15, 0.2) is 11.6 Å². The van der Waals surface area contributed by atoms with Crippen molar-refractivity contribution in [2.75, 3.05) is 11.9 Å². The molecule has 8 heteroatoms. The van der Waals surface area contributed by atoms with Crippen LogP contribution in [-0.4, -0.2) is 36.5 Å². The summed E-state index contributed by atoms with van der Waals surface area (Å²) >= 11 is 0. The number of aliphatic hydroxyl groups is 1. The van der Waals surface area contributed by atoms with Gasteiger partial charge in [-0.15, -0.1) is 0 Å². The molecule has 1 atom stereocenters. The van der Waals surface area contributed by atoms with Gasteiger partial charge in [0.25, 0.3) is 0 Å². The molecule has 0 saturated carbocycles. The molecule has 3 N–H and O–H groups in total. The minimum absolute atomic E-state index is 0.0721. The van der Waals surface area contributed by atoms with Gasteiger partial charge in [-0.05, 0) is 42.7 Å². The van der Waals surface area contributed by atoms with E-state index in [9.17, 15) is 9.50 Å². The Morgan fingerprint density at radius 2 is 2.04 bits per heavy atom. The van der Waals surface area contributed by atoms with Crippen molar-refractivity contribution in [2.45, 2.75) is 18.8 Å². The number of anilines is 2. The molecule has 4 rings (SSSR count). The molecular formula is C19H19FN6O. The van der Waals surface area contributed by atoms with E-state index in [1.165, 1.54) is 12.1 Å². The lowest BCUT2D eigenvalue weighted by atomic mass is 9.93. The highest BCUT2D eigenvalue weighted by Crippen LogP contribution is 2.29. The van der Waals surface area contributed by atoms with Gasteiger partial charge in [-0.1, -0.05) is 12.1 Å². The standard InChI is InChI=1S/C19H19FN6O/c20-14-7-5-13(6-8-14)15(3-2-12-27)18-23-19(22-17-9-10-21-24-17)16-4-1-11-26(16)25-18/h1,4-11,15,27H,2-3,12H2,(H2,21,22,23,24,25). The second-order valence-electron chi connectivity index (χ2n) is 6.22. The Hall–Kier alpha value is -3.26. The molecular weight excluding hydrogens is 347 g/mol. The van der Waals surface area contributed by atoms with Crippen LogP contribution in [0, 0.1) is 5.82 Å². The van der Waals surface area contributed by atoms with Crippen LogP contribution in [0.15, 0.2) is 54.9 Å². The van der Waals surface area contributed by atoms with E-state index in [2.05, 4.69) is 20.6 Å². The van der Waals surface area contributed by atoms with Crippen molar-refractivity contribution in [2.24, 2.45) is 0 Å². The molecule has 0 radical (unpaired) electrons. The Bertz CT molecular complexity index is 1010. The average Bonchev–Trinajstić information content (AvgIpc) is 3.35. The van der Waals surface area contributed by atoms with Crippen molar-refractivity contribution in [3.63, 3.8) is 0 Å². The summed E-state index contributed by atoms with van der Waals surface area (Å²) in [4.78, 5) is 4.73. The number of fused-ring (bicyclic) bond motifs is 1. The third-order valence-corrected chi connectivity index (χ3v) is 4.40. The first-order valence-electron chi connectivity index (χ1n) is 8.72. The first kappa shape index (κ1) is 17.2. The number of aromatic nitrogens is 5. The Morgan fingerprint density at radius 1 is 1.19 bits per heavy atom. The predicted molar refractivity (Wildman–Crippen MR) is 99.4 cm³/mol. The highest BCUT2D eigenvalue weighted by atomic mass is 19.1. The fourth-order valence-electron chi connectivity index (χ4n) is 3.08. The van der Waals surface area contributed by atoms with Crippen LogP contribution < -0.4 is 5.32 Å². The largest absolute Gasteiger partial charge is 0.396 e. The van der Waals surface area contributed by atoms with Crippen LogP contribution in [0.2, 0.25) is 0 Å². The summed E-state index contributed by atoms with van der Waals surface area (Å²) in [5, 5.41) is 24.0. The van der Waals surface area contributed by atoms with Crippen LogP contribution in [0.3, 0.4) is 0 Å². The minimum atomic E-state index is -0.289. The van der Waals surface area contributed by atoms with Crippen LogP contribution in [0.5, 0.6) is 0 Å². The molecule has 0 bridgehead atoms. The molecule has 0 aliphatic heterocycles. The first-order valence-corrected chi connectivity index (χ1v) is 8.72. The quantitative estimate of drug-likeness (QED) is 0.467. The molecule has 1 unspecified atom stereocenters. The minimum Gasteiger partial charge on any atom is -0.396 e. The summed E-state index contributed by atoms with van der Waals surface area (Å²) in [6, 6.07) is 12.0. The van der Waals surface area contributed by atoms with Gasteiger partial charge in [-0.25, -0.2) is 13.9 Å². The highest BCUT2D eigenvalue weighted by molar-refractivity contribution is 5.71. The van der Waals surface area contributed by atoms with Crippen LogP contribution in [0.25, 0.3) is 5.52 Å². The van der Waals surface area contributed by atoms with Crippen LogP contribution >= 0.6 is 0 Å². The maximum absolute atomic E-state index is 13.4. The van der Waals surface area contributed by atoms with Crippen LogP contribution in [0.1, 0.15) is 30.1 Å². The van der Waals surface area contributed by atoms with Gasteiger partial charge in [0.05, 0.1) is 6.20 Å². The van der Waals surface area contributed by atoms with E-state index in [4.69, 9.17) is 4.98 Å². The van der Waals surface area contributed by atoms with Crippen molar-refractivity contribution in [3.05, 3.63) is 72.1 Å². The first-order chi connectivity index (χ1) is 13.2. The zero-order chi connectivity index (χ0) is 18.6. The summed E-state index contributed by atoms with van der Waals surface area (Å²) in [5.74, 6) is 1.51. The van der Waals surface area contributed by atoms with E-state index in [1.807, 2.05) is 24.4 Å². The zero-order valence-corrected chi connectivity index (χ0v) is 14.5. The van der Waals surface area contributed by atoms with Crippen LogP contribution in [-0.2, 0) is 0 Å². The number of nitrogens with one attached hydrogen (secondary N) is 2. The van der Waals surface area contributed by atoms with Crippen molar-refractivity contribution >= 4 is 17.2 Å². The number of halogens is 1. The topological polar surface area (TPSA) is 91.1 Å². The fraction of sp³-hybridized carbons (Fsp3) is 0.211. The van der Waals surface area contributed by atoms with Crippen molar-refractivity contribution in [1.29, 1.82) is 0 Å². The second-order valence-corrected chi connectivity index (χ2v) is 6.22. The molecule has 3 heterocycles. The van der Waals surface area contributed by atoms with Gasteiger partial charge >= 0.3 is 0 Å². The number of benzene rings is 1. The van der Waals surface area contributed by atoms with E-state index < -0.39 is 0 Å². The van der Waals surface area contributed by atoms with Gasteiger partial charge in [0.2, 0.25) is 0 Å². The number of aromatic amines is 1. The molecule has 138 valence electrons. The summed E-state index contributed by atoms with van der Waals surface area (Å²) in [6.07, 6.45) is 4.76. The van der Waals surface area contributed by atoms with Gasteiger partial charge in [0.1, 0.15) is 17.2 Å². The lowest BCUT2D eigenvalue weighted by Gasteiger charge is -2.17. The number of H-pyrrole nitrogens is 1. The number of nitrogens with zero attached hydrogens (tertiary/aromatic N) is 4. The summed E-state index contributed by atoms with van der Waals surface area (Å²) in [7, 11) is 0. The Morgan fingerprint density at radius 3 is 2.78 bits per heavy atom. The average molecular weight is 366 g/mol. The number of rotatable bonds is 7. The number of hydrogen-bond acceptors (Lipinski definition) is 5. The highest BCUT2D eigenvalue weighted by Gasteiger charge is 2.20. The SMILES string of the molecule is OCCCC(c1ccc(F)cc1)c1nc(Nc2ccn[nH]2)c2cccn2n1. The second kappa shape index (κ2) is 7.55. The van der Waals surface area contributed by atoms with E-state index in [-0.39, 0.29) is 18.3 Å². The third kappa shape index (κ3) is 3.65. The molecule has 0 amide bonds.